The van der Waals surface area contributed by atoms with Gasteiger partial charge >= 0.3 is 0 Å². The predicted octanol–water partition coefficient (Wildman–Crippen LogP) is 1.00. The molecule has 1 heterocycles. The third-order valence-corrected chi connectivity index (χ3v) is 2.10. The van der Waals surface area contributed by atoms with Crippen molar-refractivity contribution < 1.29 is 5.11 Å². The van der Waals surface area contributed by atoms with Gasteiger partial charge in [0.25, 0.3) is 0 Å². The summed E-state index contributed by atoms with van der Waals surface area (Å²) in [6.07, 6.45) is 1.78. The van der Waals surface area contributed by atoms with Crippen molar-refractivity contribution in [1.29, 1.82) is 0 Å². The summed E-state index contributed by atoms with van der Waals surface area (Å²) in [5.74, 6) is 0. The van der Waals surface area contributed by atoms with Crippen molar-refractivity contribution in [1.82, 2.24) is 10.3 Å². The van der Waals surface area contributed by atoms with E-state index in [1.807, 2.05) is 5.38 Å². The molecule has 0 aliphatic heterocycles. The largest absolute Gasteiger partial charge is 0.389 e. The molecule has 1 aromatic heterocycles. The molecule has 0 atom stereocenters. The van der Waals surface area contributed by atoms with E-state index in [0.29, 0.717) is 6.54 Å². The molecule has 0 unspecified atom stereocenters. The Morgan fingerprint density at radius 2 is 2.42 bits per heavy atom. The Hall–Kier alpha value is -0.450. The van der Waals surface area contributed by atoms with Crippen LogP contribution in [0.4, 0.5) is 0 Å². The van der Waals surface area contributed by atoms with Gasteiger partial charge in [-0.05, 0) is 13.8 Å². The summed E-state index contributed by atoms with van der Waals surface area (Å²) in [5.41, 5.74) is -0.642. The van der Waals surface area contributed by atoms with Crippen molar-refractivity contribution in [3.8, 4) is 0 Å². The fourth-order valence-corrected chi connectivity index (χ4v) is 1.40. The lowest BCUT2D eigenvalue weighted by molar-refractivity contribution is 0.0795. The first-order chi connectivity index (χ1) is 5.58. The molecule has 68 valence electrons. The van der Waals surface area contributed by atoms with Gasteiger partial charge in [-0.3, -0.25) is 0 Å². The van der Waals surface area contributed by atoms with Crippen LogP contribution in [-0.2, 0) is 6.54 Å². The van der Waals surface area contributed by atoms with Gasteiger partial charge in [0.1, 0.15) is 5.01 Å². The van der Waals surface area contributed by atoms with Crippen molar-refractivity contribution in [2.75, 3.05) is 6.54 Å². The lowest BCUT2D eigenvalue weighted by atomic mass is 10.1. The van der Waals surface area contributed by atoms with E-state index >= 15 is 0 Å². The average molecular weight is 186 g/mol. The van der Waals surface area contributed by atoms with E-state index in [9.17, 15) is 5.11 Å². The zero-order valence-corrected chi connectivity index (χ0v) is 8.19. The number of rotatable bonds is 4. The Morgan fingerprint density at radius 1 is 1.67 bits per heavy atom. The lowest BCUT2D eigenvalue weighted by Crippen LogP contribution is -2.34. The van der Waals surface area contributed by atoms with Crippen LogP contribution < -0.4 is 5.32 Å². The molecule has 3 nitrogen and oxygen atoms in total. The van der Waals surface area contributed by atoms with Crippen LogP contribution in [0.3, 0.4) is 0 Å². The van der Waals surface area contributed by atoms with Gasteiger partial charge < -0.3 is 10.4 Å². The third-order valence-electron chi connectivity index (χ3n) is 1.32. The fraction of sp³-hybridized carbons (Fsp3) is 0.625. The highest BCUT2D eigenvalue weighted by Crippen LogP contribution is 2.04. The molecule has 0 radical (unpaired) electrons. The van der Waals surface area contributed by atoms with Gasteiger partial charge in [-0.25, -0.2) is 4.98 Å². The monoisotopic (exact) mass is 186 g/mol. The van der Waals surface area contributed by atoms with Crippen molar-refractivity contribution in [2.45, 2.75) is 26.0 Å². The normalized spacial score (nSPS) is 11.9. The Kier molecular flexibility index (Phi) is 3.20. The Morgan fingerprint density at radius 3 is 2.92 bits per heavy atom. The van der Waals surface area contributed by atoms with Crippen LogP contribution in [0.25, 0.3) is 0 Å². The van der Waals surface area contributed by atoms with Gasteiger partial charge in [-0.2, -0.15) is 0 Å². The summed E-state index contributed by atoms with van der Waals surface area (Å²) in [5, 5.41) is 15.5. The topological polar surface area (TPSA) is 45.1 Å². The van der Waals surface area contributed by atoms with E-state index in [1.165, 1.54) is 0 Å². The van der Waals surface area contributed by atoms with Crippen LogP contribution in [0.15, 0.2) is 11.6 Å². The second-order valence-corrected chi connectivity index (χ2v) is 4.32. The molecule has 0 aliphatic carbocycles. The van der Waals surface area contributed by atoms with Gasteiger partial charge in [0.05, 0.1) is 5.60 Å². The van der Waals surface area contributed by atoms with Crippen molar-refractivity contribution >= 4 is 11.3 Å². The molecule has 0 aliphatic rings. The summed E-state index contributed by atoms with van der Waals surface area (Å²) in [4.78, 5) is 4.11. The standard InChI is InChI=1S/C8H14N2OS/c1-8(2,11)6-9-5-7-10-3-4-12-7/h3-4,9,11H,5-6H2,1-2H3. The van der Waals surface area contributed by atoms with E-state index in [-0.39, 0.29) is 0 Å². The number of hydrogen-bond acceptors (Lipinski definition) is 4. The number of aromatic nitrogens is 1. The van der Waals surface area contributed by atoms with Crippen LogP contribution in [0.2, 0.25) is 0 Å². The second-order valence-electron chi connectivity index (χ2n) is 3.34. The number of thiazole rings is 1. The van der Waals surface area contributed by atoms with Gasteiger partial charge in [-0.15, -0.1) is 11.3 Å². The fourth-order valence-electron chi connectivity index (χ4n) is 0.816. The SMILES string of the molecule is CC(C)(O)CNCc1nccs1. The van der Waals surface area contributed by atoms with Gasteiger partial charge in [0.15, 0.2) is 0 Å². The first kappa shape index (κ1) is 9.64. The minimum atomic E-state index is -0.642. The smallest absolute Gasteiger partial charge is 0.106 e. The highest BCUT2D eigenvalue weighted by atomic mass is 32.1. The molecule has 0 amide bonds. The number of nitrogens with zero attached hydrogens (tertiary/aromatic N) is 1. The lowest BCUT2D eigenvalue weighted by Gasteiger charge is -2.16. The van der Waals surface area contributed by atoms with Gasteiger partial charge in [0, 0.05) is 24.7 Å². The minimum absolute atomic E-state index is 0.590. The summed E-state index contributed by atoms with van der Waals surface area (Å²) in [7, 11) is 0. The molecule has 0 spiro atoms. The van der Waals surface area contributed by atoms with Crippen LogP contribution in [0.5, 0.6) is 0 Å². The molecule has 12 heavy (non-hydrogen) atoms. The summed E-state index contributed by atoms with van der Waals surface area (Å²) < 4.78 is 0. The maximum Gasteiger partial charge on any atom is 0.106 e. The third kappa shape index (κ3) is 3.80. The highest BCUT2D eigenvalue weighted by molar-refractivity contribution is 7.09. The minimum Gasteiger partial charge on any atom is -0.389 e. The molecule has 0 saturated carbocycles. The van der Waals surface area contributed by atoms with Crippen LogP contribution >= 0.6 is 11.3 Å². The Labute approximate surface area is 76.5 Å². The van der Waals surface area contributed by atoms with Crippen LogP contribution in [-0.4, -0.2) is 22.2 Å². The first-order valence-electron chi connectivity index (χ1n) is 3.89. The number of aliphatic hydroxyl groups is 1. The molecule has 1 aromatic rings. The van der Waals surface area contributed by atoms with Crippen molar-refractivity contribution in [2.24, 2.45) is 0 Å². The molecule has 2 N–H and O–H groups in total. The highest BCUT2D eigenvalue weighted by Gasteiger charge is 2.10. The average Bonchev–Trinajstić information content (AvgIpc) is 2.36. The van der Waals surface area contributed by atoms with E-state index in [0.717, 1.165) is 11.6 Å². The molecule has 4 heteroatoms. The summed E-state index contributed by atoms with van der Waals surface area (Å²) in [6.45, 7) is 4.89. The zero-order valence-electron chi connectivity index (χ0n) is 7.37. The molecular formula is C8H14N2OS. The Bertz CT molecular complexity index is 215. The van der Waals surface area contributed by atoms with Crippen molar-refractivity contribution in [3.63, 3.8) is 0 Å². The molecule has 1 rings (SSSR count). The molecule has 0 fully saturated rings. The molecule has 0 saturated heterocycles. The zero-order chi connectivity index (χ0) is 9.03. The van der Waals surface area contributed by atoms with Crippen molar-refractivity contribution in [3.05, 3.63) is 16.6 Å². The van der Waals surface area contributed by atoms with Gasteiger partial charge in [-0.1, -0.05) is 0 Å². The maximum absolute atomic E-state index is 9.37. The Balaban J connectivity index is 2.20. The van der Waals surface area contributed by atoms with Crippen LogP contribution in [0.1, 0.15) is 18.9 Å². The second kappa shape index (κ2) is 3.98. The first-order valence-corrected chi connectivity index (χ1v) is 4.77. The summed E-state index contributed by atoms with van der Waals surface area (Å²) >= 11 is 1.62. The predicted molar refractivity (Wildman–Crippen MR) is 50.1 cm³/mol. The maximum atomic E-state index is 9.37. The van der Waals surface area contributed by atoms with E-state index < -0.39 is 5.60 Å². The number of nitrogens with one attached hydrogen (secondary N) is 1. The molecule has 0 aromatic carbocycles. The molecular weight excluding hydrogens is 172 g/mol. The quantitative estimate of drug-likeness (QED) is 0.737. The summed E-state index contributed by atoms with van der Waals surface area (Å²) in [6, 6.07) is 0. The van der Waals surface area contributed by atoms with E-state index in [2.05, 4.69) is 10.3 Å². The number of hydrogen-bond donors (Lipinski definition) is 2. The van der Waals surface area contributed by atoms with Crippen LogP contribution in [0, 0.1) is 0 Å². The van der Waals surface area contributed by atoms with E-state index in [1.54, 1.807) is 31.4 Å². The van der Waals surface area contributed by atoms with E-state index in [4.69, 9.17) is 0 Å². The van der Waals surface area contributed by atoms with Gasteiger partial charge in [0.2, 0.25) is 0 Å². The molecule has 0 bridgehead atoms.